The molecule has 2 rings (SSSR count). The summed E-state index contributed by atoms with van der Waals surface area (Å²) >= 11 is 0. The quantitative estimate of drug-likeness (QED) is 0.906. The van der Waals surface area contributed by atoms with E-state index in [-0.39, 0.29) is 5.91 Å². The fourth-order valence-corrected chi connectivity index (χ4v) is 2.57. The molecule has 0 unspecified atom stereocenters. The van der Waals surface area contributed by atoms with Crippen LogP contribution in [0.2, 0.25) is 0 Å². The Bertz CT molecular complexity index is 676. The number of benzene rings is 2. The smallest absolute Gasteiger partial charge is 0.240 e. The Morgan fingerprint density at radius 1 is 1.14 bits per heavy atom. The molecule has 2 aromatic rings. The van der Waals surface area contributed by atoms with E-state index in [1.165, 1.54) is 0 Å². The Balaban J connectivity index is 2.19. The lowest BCUT2D eigenvalue weighted by Crippen LogP contribution is -2.39. The summed E-state index contributed by atoms with van der Waals surface area (Å²) in [5.41, 5.74) is 0.158. The summed E-state index contributed by atoms with van der Waals surface area (Å²) in [6.07, 6.45) is 1.06. The van der Waals surface area contributed by atoms with Crippen LogP contribution in [0.3, 0.4) is 0 Å². The number of hydrogen-bond donors (Lipinski definition) is 1. The van der Waals surface area contributed by atoms with Gasteiger partial charge in [-0.05, 0) is 29.2 Å². The normalized spacial score (nSPS) is 11.1. The van der Waals surface area contributed by atoms with E-state index in [0.29, 0.717) is 19.4 Å². The van der Waals surface area contributed by atoms with E-state index in [2.05, 4.69) is 23.5 Å². The molecule has 2 aromatic carbocycles. The predicted molar refractivity (Wildman–Crippen MR) is 84.4 cm³/mol. The van der Waals surface area contributed by atoms with Crippen LogP contribution in [-0.2, 0) is 11.3 Å². The summed E-state index contributed by atoms with van der Waals surface area (Å²) in [7, 11) is 0. The van der Waals surface area contributed by atoms with Gasteiger partial charge in [0.15, 0.2) is 0 Å². The molecule has 0 atom stereocenters. The molecule has 0 aliphatic heterocycles. The van der Waals surface area contributed by atoms with Crippen LogP contribution >= 0.6 is 0 Å². The number of rotatable bonds is 5. The zero-order valence-electron chi connectivity index (χ0n) is 12.5. The van der Waals surface area contributed by atoms with Gasteiger partial charge in [0.05, 0.1) is 6.07 Å². The molecule has 0 fully saturated rings. The van der Waals surface area contributed by atoms with Gasteiger partial charge in [0, 0.05) is 6.54 Å². The molecule has 0 bridgehead atoms. The molecule has 3 nitrogen and oxygen atoms in total. The van der Waals surface area contributed by atoms with E-state index < -0.39 is 5.41 Å². The van der Waals surface area contributed by atoms with Crippen molar-refractivity contribution < 1.29 is 4.79 Å². The van der Waals surface area contributed by atoms with E-state index in [1.54, 1.807) is 0 Å². The second kappa shape index (κ2) is 6.41. The van der Waals surface area contributed by atoms with Crippen molar-refractivity contribution in [1.29, 1.82) is 5.26 Å². The summed E-state index contributed by atoms with van der Waals surface area (Å²) in [6, 6.07) is 16.3. The molecule has 3 heteroatoms. The first-order valence-corrected chi connectivity index (χ1v) is 7.33. The highest BCUT2D eigenvalue weighted by molar-refractivity contribution is 5.88. The van der Waals surface area contributed by atoms with E-state index in [9.17, 15) is 10.1 Å². The molecule has 0 saturated carbocycles. The van der Waals surface area contributed by atoms with Gasteiger partial charge in [-0.25, -0.2) is 0 Å². The van der Waals surface area contributed by atoms with Gasteiger partial charge in [0.25, 0.3) is 0 Å². The molecule has 1 amide bonds. The minimum atomic E-state index is -0.912. The second-order valence-corrected chi connectivity index (χ2v) is 5.22. The van der Waals surface area contributed by atoms with Crippen LogP contribution in [0.5, 0.6) is 0 Å². The van der Waals surface area contributed by atoms with Gasteiger partial charge in [-0.1, -0.05) is 56.3 Å². The maximum atomic E-state index is 12.3. The van der Waals surface area contributed by atoms with Gasteiger partial charge >= 0.3 is 0 Å². The first kappa shape index (κ1) is 15.1. The summed E-state index contributed by atoms with van der Waals surface area (Å²) < 4.78 is 0. The lowest BCUT2D eigenvalue weighted by Gasteiger charge is -2.22. The van der Waals surface area contributed by atoms with Gasteiger partial charge in [0.1, 0.15) is 5.41 Å². The topological polar surface area (TPSA) is 52.9 Å². The Hall–Kier alpha value is -2.34. The maximum absolute atomic E-state index is 12.3. The summed E-state index contributed by atoms with van der Waals surface area (Å²) in [5.74, 6) is -0.178. The Labute approximate surface area is 125 Å². The van der Waals surface area contributed by atoms with Crippen LogP contribution in [0.15, 0.2) is 42.5 Å². The van der Waals surface area contributed by atoms with Crippen molar-refractivity contribution in [1.82, 2.24) is 5.32 Å². The van der Waals surface area contributed by atoms with Crippen LogP contribution in [-0.4, -0.2) is 5.91 Å². The standard InChI is InChI=1S/C18H20N2O/c1-3-18(4-2,13-19)17(21)20-12-15-10-7-9-14-8-5-6-11-16(14)15/h5-11H,3-4,12H2,1-2H3,(H,20,21). The summed E-state index contributed by atoms with van der Waals surface area (Å²) in [6.45, 7) is 4.21. The Morgan fingerprint density at radius 3 is 2.48 bits per heavy atom. The summed E-state index contributed by atoms with van der Waals surface area (Å²) in [4.78, 5) is 12.3. The minimum Gasteiger partial charge on any atom is -0.351 e. The van der Waals surface area contributed by atoms with Crippen molar-refractivity contribution in [2.75, 3.05) is 0 Å². The van der Waals surface area contributed by atoms with E-state index in [4.69, 9.17) is 0 Å². The number of nitrogens with zero attached hydrogens (tertiary/aromatic N) is 1. The third-order valence-electron chi connectivity index (χ3n) is 4.18. The van der Waals surface area contributed by atoms with Crippen molar-refractivity contribution in [2.24, 2.45) is 5.41 Å². The molecule has 0 aromatic heterocycles. The number of fused-ring (bicyclic) bond motifs is 1. The van der Waals surface area contributed by atoms with Gasteiger partial charge in [-0.15, -0.1) is 0 Å². The highest BCUT2D eigenvalue weighted by atomic mass is 16.2. The Kier molecular flexibility index (Phi) is 4.59. The average molecular weight is 280 g/mol. The van der Waals surface area contributed by atoms with Gasteiger partial charge < -0.3 is 5.32 Å². The zero-order valence-corrected chi connectivity index (χ0v) is 12.5. The Morgan fingerprint density at radius 2 is 1.81 bits per heavy atom. The van der Waals surface area contributed by atoms with E-state index in [0.717, 1.165) is 16.3 Å². The molecule has 0 aliphatic carbocycles. The van der Waals surface area contributed by atoms with Crippen molar-refractivity contribution in [3.63, 3.8) is 0 Å². The lowest BCUT2D eigenvalue weighted by molar-refractivity contribution is -0.128. The molecule has 108 valence electrons. The van der Waals surface area contributed by atoms with Crippen LogP contribution in [0.1, 0.15) is 32.3 Å². The average Bonchev–Trinajstić information content (AvgIpc) is 2.55. The van der Waals surface area contributed by atoms with E-state index >= 15 is 0 Å². The van der Waals surface area contributed by atoms with Crippen molar-refractivity contribution >= 4 is 16.7 Å². The number of carbonyl (C=O) groups excluding carboxylic acids is 1. The van der Waals surface area contributed by atoms with Crippen molar-refractivity contribution in [2.45, 2.75) is 33.2 Å². The molecular formula is C18H20N2O. The molecule has 1 N–H and O–H groups in total. The largest absolute Gasteiger partial charge is 0.351 e. The fraction of sp³-hybridized carbons (Fsp3) is 0.333. The van der Waals surface area contributed by atoms with Gasteiger partial charge in [0.2, 0.25) is 5.91 Å². The first-order valence-electron chi connectivity index (χ1n) is 7.33. The monoisotopic (exact) mass is 280 g/mol. The van der Waals surface area contributed by atoms with Crippen LogP contribution in [0.4, 0.5) is 0 Å². The highest BCUT2D eigenvalue weighted by Gasteiger charge is 2.34. The minimum absolute atomic E-state index is 0.178. The van der Waals surface area contributed by atoms with Crippen LogP contribution in [0.25, 0.3) is 10.8 Å². The van der Waals surface area contributed by atoms with Crippen LogP contribution < -0.4 is 5.32 Å². The number of nitrogens with one attached hydrogen (secondary N) is 1. The highest BCUT2D eigenvalue weighted by Crippen LogP contribution is 2.26. The zero-order chi connectivity index (χ0) is 15.3. The number of amides is 1. The summed E-state index contributed by atoms with van der Waals surface area (Å²) in [5, 5.41) is 14.5. The number of hydrogen-bond acceptors (Lipinski definition) is 2. The maximum Gasteiger partial charge on any atom is 0.240 e. The predicted octanol–water partition coefficient (Wildman–Crippen LogP) is 3.79. The van der Waals surface area contributed by atoms with Gasteiger partial charge in [-0.2, -0.15) is 5.26 Å². The molecule has 0 radical (unpaired) electrons. The van der Waals surface area contributed by atoms with Crippen molar-refractivity contribution in [3.8, 4) is 6.07 Å². The molecule has 0 heterocycles. The first-order chi connectivity index (χ1) is 10.2. The molecule has 0 saturated heterocycles. The van der Waals surface area contributed by atoms with Crippen LogP contribution in [0, 0.1) is 16.7 Å². The molecule has 21 heavy (non-hydrogen) atoms. The molecule has 0 spiro atoms. The lowest BCUT2D eigenvalue weighted by atomic mass is 9.83. The molecular weight excluding hydrogens is 260 g/mol. The van der Waals surface area contributed by atoms with E-state index in [1.807, 2.05) is 44.2 Å². The fourth-order valence-electron chi connectivity index (χ4n) is 2.57. The molecule has 0 aliphatic rings. The van der Waals surface area contributed by atoms with Crippen molar-refractivity contribution in [3.05, 3.63) is 48.0 Å². The third-order valence-corrected chi connectivity index (χ3v) is 4.18. The third kappa shape index (κ3) is 2.90. The SMILES string of the molecule is CCC(C#N)(CC)C(=O)NCc1cccc2ccccc12. The second-order valence-electron chi connectivity index (χ2n) is 5.22. The van der Waals surface area contributed by atoms with Gasteiger partial charge in [-0.3, -0.25) is 4.79 Å². The number of nitriles is 1. The number of carbonyl (C=O) groups is 1.